The van der Waals surface area contributed by atoms with Crippen molar-refractivity contribution in [2.24, 2.45) is 0 Å². The number of nitrogens with zero attached hydrogens (tertiary/aromatic N) is 1. The molecule has 0 aliphatic carbocycles. The average molecular weight is 202 g/mol. The number of rotatable bonds is 2. The molecule has 14 heavy (non-hydrogen) atoms. The van der Waals surface area contributed by atoms with Crippen LogP contribution in [0, 0.1) is 0 Å². The number of thiazole rings is 1. The summed E-state index contributed by atoms with van der Waals surface area (Å²) in [5, 5.41) is 0.609. The number of anilines is 1. The fraction of sp³-hybridized carbons (Fsp3) is 0. The minimum absolute atomic E-state index is 0.609. The van der Waals surface area contributed by atoms with Crippen molar-refractivity contribution in [2.75, 3.05) is 5.73 Å². The molecule has 0 saturated heterocycles. The third-order valence-corrected chi connectivity index (χ3v) is 2.57. The molecule has 0 aliphatic rings. The number of nitrogen functional groups attached to an aromatic ring is 1. The summed E-state index contributed by atoms with van der Waals surface area (Å²) in [5.41, 5.74) is 6.70. The van der Waals surface area contributed by atoms with Crippen LogP contribution in [0.5, 0.6) is 0 Å². The Hall–Kier alpha value is -1.61. The quantitative estimate of drug-likeness (QED) is 0.813. The Kier molecular flexibility index (Phi) is 2.60. The first kappa shape index (κ1) is 8.97. The van der Waals surface area contributed by atoms with Crippen LogP contribution in [0.4, 0.5) is 5.13 Å². The Labute approximate surface area is 86.7 Å². The van der Waals surface area contributed by atoms with Gasteiger partial charge in [-0.05, 0) is 11.6 Å². The molecule has 3 heteroatoms. The molecule has 70 valence electrons. The zero-order chi connectivity index (χ0) is 9.80. The second-order valence-corrected chi connectivity index (χ2v) is 3.94. The summed E-state index contributed by atoms with van der Waals surface area (Å²) in [6.45, 7) is 0. The molecule has 2 N–H and O–H groups in total. The Morgan fingerprint density at radius 3 is 2.57 bits per heavy atom. The van der Waals surface area contributed by atoms with Gasteiger partial charge in [0.25, 0.3) is 0 Å². The molecule has 0 fully saturated rings. The highest BCUT2D eigenvalue weighted by molar-refractivity contribution is 7.16. The lowest BCUT2D eigenvalue weighted by atomic mass is 10.2. The predicted molar refractivity (Wildman–Crippen MR) is 61.9 cm³/mol. The van der Waals surface area contributed by atoms with E-state index >= 15 is 0 Å². The van der Waals surface area contributed by atoms with Gasteiger partial charge in [-0.2, -0.15) is 0 Å². The molecular weight excluding hydrogens is 192 g/mol. The number of nitrogens with two attached hydrogens (primary N) is 1. The Morgan fingerprint density at radius 2 is 1.93 bits per heavy atom. The van der Waals surface area contributed by atoms with Gasteiger partial charge in [-0.15, -0.1) is 0 Å². The minimum atomic E-state index is 0.609. The molecular formula is C11H10N2S. The summed E-state index contributed by atoms with van der Waals surface area (Å²) in [5.74, 6) is 0. The maximum absolute atomic E-state index is 5.52. The van der Waals surface area contributed by atoms with Crippen LogP contribution < -0.4 is 5.73 Å². The van der Waals surface area contributed by atoms with Gasteiger partial charge < -0.3 is 5.73 Å². The summed E-state index contributed by atoms with van der Waals surface area (Å²) in [6, 6.07) is 10.1. The maximum Gasteiger partial charge on any atom is 0.180 e. The van der Waals surface area contributed by atoms with Crippen LogP contribution in [-0.2, 0) is 0 Å². The van der Waals surface area contributed by atoms with Gasteiger partial charge in [-0.1, -0.05) is 47.7 Å². The number of hydrogen-bond acceptors (Lipinski definition) is 3. The van der Waals surface area contributed by atoms with E-state index in [1.165, 1.54) is 16.9 Å². The number of benzene rings is 1. The van der Waals surface area contributed by atoms with Crippen LogP contribution in [0.2, 0.25) is 0 Å². The Balaban J connectivity index is 2.15. The lowest BCUT2D eigenvalue weighted by Crippen LogP contribution is -1.77. The van der Waals surface area contributed by atoms with E-state index < -0.39 is 0 Å². The highest BCUT2D eigenvalue weighted by Crippen LogP contribution is 2.17. The molecule has 0 spiro atoms. The van der Waals surface area contributed by atoms with Gasteiger partial charge in [0.05, 0.1) is 0 Å². The van der Waals surface area contributed by atoms with E-state index in [0.717, 1.165) is 4.88 Å². The van der Waals surface area contributed by atoms with Gasteiger partial charge in [0.15, 0.2) is 5.13 Å². The third-order valence-electron chi connectivity index (χ3n) is 1.78. The SMILES string of the molecule is Nc1ncc(C=Cc2ccccc2)s1. The zero-order valence-corrected chi connectivity index (χ0v) is 8.37. The summed E-state index contributed by atoms with van der Waals surface area (Å²) in [4.78, 5) is 5.05. The molecule has 1 aromatic heterocycles. The van der Waals surface area contributed by atoms with Crippen LogP contribution in [0.1, 0.15) is 10.4 Å². The van der Waals surface area contributed by atoms with Crippen LogP contribution >= 0.6 is 11.3 Å². The summed E-state index contributed by atoms with van der Waals surface area (Å²) in [7, 11) is 0. The fourth-order valence-electron chi connectivity index (χ4n) is 1.12. The molecule has 0 atom stereocenters. The number of hydrogen-bond donors (Lipinski definition) is 1. The van der Waals surface area contributed by atoms with Gasteiger partial charge in [-0.25, -0.2) is 4.98 Å². The standard InChI is InChI=1S/C11H10N2S/c12-11-13-8-10(14-11)7-6-9-4-2-1-3-5-9/h1-8H,(H2,12,13). The van der Waals surface area contributed by atoms with Gasteiger partial charge in [0.2, 0.25) is 0 Å². The number of aromatic nitrogens is 1. The van der Waals surface area contributed by atoms with Crippen LogP contribution in [-0.4, -0.2) is 4.98 Å². The molecule has 2 nitrogen and oxygen atoms in total. The summed E-state index contributed by atoms with van der Waals surface area (Å²) in [6.07, 6.45) is 5.84. The molecule has 0 aliphatic heterocycles. The monoisotopic (exact) mass is 202 g/mol. The smallest absolute Gasteiger partial charge is 0.180 e. The van der Waals surface area contributed by atoms with Crippen LogP contribution in [0.3, 0.4) is 0 Å². The molecule has 0 bridgehead atoms. The van der Waals surface area contributed by atoms with Gasteiger partial charge in [0, 0.05) is 11.1 Å². The largest absolute Gasteiger partial charge is 0.375 e. The average Bonchev–Trinajstić information content (AvgIpc) is 2.63. The molecule has 0 saturated carbocycles. The second kappa shape index (κ2) is 4.07. The lowest BCUT2D eigenvalue weighted by Gasteiger charge is -1.89. The first-order chi connectivity index (χ1) is 6.84. The third kappa shape index (κ3) is 2.20. The van der Waals surface area contributed by atoms with Gasteiger partial charge in [0.1, 0.15) is 0 Å². The molecule has 1 aromatic carbocycles. The van der Waals surface area contributed by atoms with Crippen molar-refractivity contribution in [3.63, 3.8) is 0 Å². The fourth-order valence-corrected chi connectivity index (χ4v) is 1.71. The zero-order valence-electron chi connectivity index (χ0n) is 7.55. The van der Waals surface area contributed by atoms with Crippen molar-refractivity contribution < 1.29 is 0 Å². The van der Waals surface area contributed by atoms with E-state index in [9.17, 15) is 0 Å². The normalized spacial score (nSPS) is 10.9. The predicted octanol–water partition coefficient (Wildman–Crippen LogP) is 2.90. The van der Waals surface area contributed by atoms with E-state index in [1.54, 1.807) is 6.20 Å². The van der Waals surface area contributed by atoms with E-state index in [0.29, 0.717) is 5.13 Å². The second-order valence-electron chi connectivity index (χ2n) is 2.84. The van der Waals surface area contributed by atoms with Crippen molar-refractivity contribution in [3.05, 3.63) is 47.0 Å². The van der Waals surface area contributed by atoms with E-state index in [-0.39, 0.29) is 0 Å². The first-order valence-corrected chi connectivity index (χ1v) is 5.11. The van der Waals surface area contributed by atoms with E-state index in [2.05, 4.69) is 17.1 Å². The summed E-state index contributed by atoms with van der Waals surface area (Å²) >= 11 is 1.49. The van der Waals surface area contributed by atoms with Crippen molar-refractivity contribution in [3.8, 4) is 0 Å². The van der Waals surface area contributed by atoms with Crippen molar-refractivity contribution in [1.29, 1.82) is 0 Å². The molecule has 0 amide bonds. The molecule has 2 aromatic rings. The summed E-state index contributed by atoms with van der Waals surface area (Å²) < 4.78 is 0. The Morgan fingerprint density at radius 1 is 1.14 bits per heavy atom. The highest BCUT2D eigenvalue weighted by Gasteiger charge is 1.92. The van der Waals surface area contributed by atoms with E-state index in [1.807, 2.05) is 30.4 Å². The van der Waals surface area contributed by atoms with Crippen LogP contribution in [0.15, 0.2) is 36.5 Å². The first-order valence-electron chi connectivity index (χ1n) is 4.29. The van der Waals surface area contributed by atoms with Crippen molar-refractivity contribution in [2.45, 2.75) is 0 Å². The topological polar surface area (TPSA) is 38.9 Å². The lowest BCUT2D eigenvalue weighted by molar-refractivity contribution is 1.42. The molecule has 0 radical (unpaired) electrons. The maximum atomic E-state index is 5.52. The van der Waals surface area contributed by atoms with Gasteiger partial charge in [-0.3, -0.25) is 0 Å². The van der Waals surface area contributed by atoms with Gasteiger partial charge >= 0.3 is 0 Å². The van der Waals surface area contributed by atoms with Crippen LogP contribution in [0.25, 0.3) is 12.2 Å². The Bertz CT molecular complexity index is 432. The van der Waals surface area contributed by atoms with E-state index in [4.69, 9.17) is 5.73 Å². The molecule has 1 heterocycles. The van der Waals surface area contributed by atoms with Crippen molar-refractivity contribution in [1.82, 2.24) is 4.98 Å². The van der Waals surface area contributed by atoms with Crippen molar-refractivity contribution >= 4 is 28.6 Å². The molecule has 0 unspecified atom stereocenters. The molecule has 2 rings (SSSR count). The highest BCUT2D eigenvalue weighted by atomic mass is 32.1. The minimum Gasteiger partial charge on any atom is -0.375 e.